The second-order valence-corrected chi connectivity index (χ2v) is 7.74. The maximum atomic E-state index is 13.0. The molecule has 160 valence electrons. The third-order valence-electron chi connectivity index (χ3n) is 5.90. The quantitative estimate of drug-likeness (QED) is 0.589. The van der Waals surface area contributed by atoms with Crippen LogP contribution in [0.5, 0.6) is 11.5 Å². The molecule has 3 amide bonds. The first kappa shape index (κ1) is 20.7. The highest BCUT2D eigenvalue weighted by Crippen LogP contribution is 2.40. The Hall–Kier alpha value is -3.61. The summed E-state index contributed by atoms with van der Waals surface area (Å²) in [4.78, 5) is 40.1. The van der Waals surface area contributed by atoms with Crippen molar-refractivity contribution in [2.75, 3.05) is 24.4 Å². The largest absolute Gasteiger partial charge is 0.497 e. The number of carbonyl (C=O) groups is 3. The molecule has 3 atom stereocenters. The Morgan fingerprint density at radius 1 is 1.06 bits per heavy atom. The van der Waals surface area contributed by atoms with Gasteiger partial charge in [-0.15, -0.1) is 0 Å². The number of carbonyl (C=O) groups excluding carboxylic acids is 3. The van der Waals surface area contributed by atoms with Crippen LogP contribution >= 0.6 is 0 Å². The van der Waals surface area contributed by atoms with Crippen molar-refractivity contribution in [1.82, 2.24) is 0 Å². The lowest BCUT2D eigenvalue weighted by Crippen LogP contribution is -2.31. The van der Waals surface area contributed by atoms with E-state index in [9.17, 15) is 14.4 Å². The Balaban J connectivity index is 1.59. The van der Waals surface area contributed by atoms with Gasteiger partial charge in [0.2, 0.25) is 11.8 Å². The maximum Gasteiger partial charge on any atom is 0.255 e. The first-order valence-electron chi connectivity index (χ1n) is 10.1. The molecule has 0 aromatic heterocycles. The van der Waals surface area contributed by atoms with Crippen LogP contribution in [0.15, 0.2) is 54.6 Å². The Kier molecular flexibility index (Phi) is 5.50. The summed E-state index contributed by atoms with van der Waals surface area (Å²) in [5.74, 6) is -0.410. The zero-order valence-corrected chi connectivity index (χ0v) is 17.6. The first-order valence-corrected chi connectivity index (χ1v) is 10.1. The van der Waals surface area contributed by atoms with E-state index in [4.69, 9.17) is 9.47 Å². The number of allylic oxidation sites excluding steroid dienone is 2. The predicted octanol–water partition coefficient (Wildman–Crippen LogP) is 3.66. The third kappa shape index (κ3) is 3.67. The normalized spacial score (nSPS) is 22.3. The van der Waals surface area contributed by atoms with Gasteiger partial charge in [-0.1, -0.05) is 25.1 Å². The number of nitrogens with zero attached hydrogens (tertiary/aromatic N) is 1. The molecular formula is C24H24N2O5. The minimum Gasteiger partial charge on any atom is -0.497 e. The van der Waals surface area contributed by atoms with Crippen LogP contribution in [0.2, 0.25) is 0 Å². The summed E-state index contributed by atoms with van der Waals surface area (Å²) in [6, 6.07) is 11.6. The Bertz CT molecular complexity index is 1080. The topological polar surface area (TPSA) is 84.9 Å². The van der Waals surface area contributed by atoms with Crippen molar-refractivity contribution in [3.8, 4) is 11.5 Å². The molecule has 0 bridgehead atoms. The average Bonchev–Trinajstić information content (AvgIpc) is 3.05. The van der Waals surface area contributed by atoms with E-state index in [-0.39, 0.29) is 35.5 Å². The number of amides is 3. The van der Waals surface area contributed by atoms with E-state index in [0.717, 1.165) is 0 Å². The van der Waals surface area contributed by atoms with Crippen LogP contribution in [-0.2, 0) is 9.59 Å². The van der Waals surface area contributed by atoms with Gasteiger partial charge in [-0.2, -0.15) is 0 Å². The molecule has 1 N–H and O–H groups in total. The van der Waals surface area contributed by atoms with Gasteiger partial charge in [0, 0.05) is 11.6 Å². The highest BCUT2D eigenvalue weighted by Gasteiger charge is 2.50. The number of hydrogen-bond acceptors (Lipinski definition) is 5. The summed E-state index contributed by atoms with van der Waals surface area (Å²) in [5.41, 5.74) is 1.22. The van der Waals surface area contributed by atoms with Gasteiger partial charge in [0.25, 0.3) is 5.91 Å². The fourth-order valence-electron chi connectivity index (χ4n) is 4.28. The lowest BCUT2D eigenvalue weighted by Gasteiger charge is -2.22. The molecule has 0 spiro atoms. The second-order valence-electron chi connectivity index (χ2n) is 7.74. The number of ether oxygens (including phenoxy) is 2. The molecule has 0 saturated carbocycles. The molecule has 1 aliphatic carbocycles. The standard InChI is InChI=1S/C24H24N2O5/c1-14-6-4-9-18-21(14)24(29)26(23(18)28)16-8-5-7-15(12-16)22(27)25-19-11-10-17(30-2)13-20(19)31-3/h4-8,10-14,18,21H,9H2,1-3H3,(H,25,27)/t14-,18+,21-/m1/s1. The van der Waals surface area contributed by atoms with Gasteiger partial charge >= 0.3 is 0 Å². The Labute approximate surface area is 180 Å². The molecule has 31 heavy (non-hydrogen) atoms. The summed E-state index contributed by atoms with van der Waals surface area (Å²) in [6.07, 6.45) is 4.52. The van der Waals surface area contributed by atoms with Crippen LogP contribution in [0.4, 0.5) is 11.4 Å². The van der Waals surface area contributed by atoms with Crippen molar-refractivity contribution < 1.29 is 23.9 Å². The van der Waals surface area contributed by atoms with Crippen molar-refractivity contribution in [2.24, 2.45) is 17.8 Å². The molecule has 1 fully saturated rings. The molecule has 7 heteroatoms. The second kappa shape index (κ2) is 8.26. The van der Waals surface area contributed by atoms with E-state index in [1.807, 2.05) is 19.1 Å². The third-order valence-corrected chi connectivity index (χ3v) is 5.90. The van der Waals surface area contributed by atoms with Gasteiger partial charge in [0.1, 0.15) is 11.5 Å². The van der Waals surface area contributed by atoms with E-state index in [1.165, 1.54) is 12.0 Å². The fraction of sp³-hybridized carbons (Fsp3) is 0.292. The Morgan fingerprint density at radius 2 is 1.87 bits per heavy atom. The van der Waals surface area contributed by atoms with Crippen molar-refractivity contribution >= 4 is 29.1 Å². The summed E-state index contributed by atoms with van der Waals surface area (Å²) in [6.45, 7) is 1.95. The lowest BCUT2D eigenvalue weighted by molar-refractivity contribution is -0.122. The van der Waals surface area contributed by atoms with Gasteiger partial charge in [0.05, 0.1) is 37.4 Å². The number of rotatable bonds is 5. The van der Waals surface area contributed by atoms with Crippen molar-refractivity contribution in [3.63, 3.8) is 0 Å². The average molecular weight is 420 g/mol. The summed E-state index contributed by atoms with van der Waals surface area (Å²) in [7, 11) is 3.05. The van der Waals surface area contributed by atoms with E-state index >= 15 is 0 Å². The molecule has 2 aromatic rings. The van der Waals surface area contributed by atoms with Crippen LogP contribution in [0.25, 0.3) is 0 Å². The number of nitrogens with one attached hydrogen (secondary N) is 1. The van der Waals surface area contributed by atoms with E-state index < -0.39 is 0 Å². The number of methoxy groups -OCH3 is 2. The highest BCUT2D eigenvalue weighted by molar-refractivity contribution is 6.22. The minimum absolute atomic E-state index is 0.00854. The van der Waals surface area contributed by atoms with E-state index in [2.05, 4.69) is 5.32 Å². The number of anilines is 2. The van der Waals surface area contributed by atoms with Crippen LogP contribution in [0.3, 0.4) is 0 Å². The van der Waals surface area contributed by atoms with E-state index in [0.29, 0.717) is 34.9 Å². The molecule has 7 nitrogen and oxygen atoms in total. The summed E-state index contributed by atoms with van der Waals surface area (Å²) in [5, 5.41) is 2.81. The molecule has 1 aliphatic heterocycles. The monoisotopic (exact) mass is 420 g/mol. The van der Waals surface area contributed by atoms with Gasteiger partial charge in [0.15, 0.2) is 0 Å². The van der Waals surface area contributed by atoms with Crippen molar-refractivity contribution in [1.29, 1.82) is 0 Å². The number of benzene rings is 2. The Morgan fingerprint density at radius 3 is 2.58 bits per heavy atom. The minimum atomic E-state index is -0.378. The van der Waals surface area contributed by atoms with Gasteiger partial charge in [-0.05, 0) is 42.7 Å². The highest BCUT2D eigenvalue weighted by atomic mass is 16.5. The SMILES string of the molecule is COc1ccc(NC(=O)c2cccc(N3C(=O)[C@@H]4[C@H](C)C=CC[C@@H]4C3=O)c2)c(OC)c1. The smallest absolute Gasteiger partial charge is 0.255 e. The van der Waals surface area contributed by atoms with Gasteiger partial charge in [-0.3, -0.25) is 19.3 Å². The van der Waals surface area contributed by atoms with Crippen LogP contribution in [-0.4, -0.2) is 31.9 Å². The molecule has 0 unspecified atom stereocenters. The predicted molar refractivity (Wildman–Crippen MR) is 116 cm³/mol. The van der Waals surface area contributed by atoms with E-state index in [1.54, 1.807) is 49.6 Å². The van der Waals surface area contributed by atoms with Crippen LogP contribution < -0.4 is 19.7 Å². The zero-order valence-electron chi connectivity index (χ0n) is 17.6. The number of fused-ring (bicyclic) bond motifs is 1. The summed E-state index contributed by atoms with van der Waals surface area (Å²) < 4.78 is 10.5. The van der Waals surface area contributed by atoms with Gasteiger partial charge in [-0.25, -0.2) is 0 Å². The molecule has 1 saturated heterocycles. The number of imide groups is 1. The lowest BCUT2D eigenvalue weighted by atomic mass is 9.78. The molecular weight excluding hydrogens is 396 g/mol. The zero-order chi connectivity index (χ0) is 22.1. The molecule has 0 radical (unpaired) electrons. The molecule has 2 aromatic carbocycles. The maximum absolute atomic E-state index is 13.0. The van der Waals surface area contributed by atoms with Gasteiger partial charge < -0.3 is 14.8 Å². The molecule has 1 heterocycles. The fourth-order valence-corrected chi connectivity index (χ4v) is 4.28. The summed E-state index contributed by atoms with van der Waals surface area (Å²) >= 11 is 0. The van der Waals surface area contributed by atoms with Crippen molar-refractivity contribution in [3.05, 3.63) is 60.2 Å². The first-order chi connectivity index (χ1) is 14.9. The van der Waals surface area contributed by atoms with Crippen LogP contribution in [0.1, 0.15) is 23.7 Å². The molecule has 4 rings (SSSR count). The van der Waals surface area contributed by atoms with Crippen molar-refractivity contribution in [2.45, 2.75) is 13.3 Å². The van der Waals surface area contributed by atoms with Crippen LogP contribution in [0, 0.1) is 17.8 Å². The number of hydrogen-bond donors (Lipinski definition) is 1. The molecule has 2 aliphatic rings.